The molecule has 0 spiro atoms. The summed E-state index contributed by atoms with van der Waals surface area (Å²) < 4.78 is 7.85. The third kappa shape index (κ3) is 2.70. The Morgan fingerprint density at radius 3 is 2.71 bits per heavy atom. The van der Waals surface area contributed by atoms with Gasteiger partial charge >= 0.3 is 0 Å². The highest BCUT2D eigenvalue weighted by atomic mass is 35.5. The number of ether oxygens (including phenoxy) is 1. The van der Waals surface area contributed by atoms with Gasteiger partial charge in [-0.25, -0.2) is 0 Å². The van der Waals surface area contributed by atoms with E-state index in [0.717, 1.165) is 12.8 Å². The molecule has 0 unspecified atom stereocenters. The molecule has 1 fully saturated rings. The molecule has 108 valence electrons. The molecular weight excluding hydrogens is 286 g/mol. The summed E-state index contributed by atoms with van der Waals surface area (Å²) in [6.07, 6.45) is 4.44. The number of benzene rings is 1. The lowest BCUT2D eigenvalue weighted by atomic mass is 10.2. The molecule has 2 N–H and O–H groups in total. The van der Waals surface area contributed by atoms with Crippen LogP contribution in [-0.2, 0) is 0 Å². The van der Waals surface area contributed by atoms with Crippen molar-refractivity contribution in [3.8, 4) is 17.7 Å². The monoisotopic (exact) mass is 301 g/mol. The number of rotatable bonds is 3. The summed E-state index contributed by atoms with van der Waals surface area (Å²) in [5, 5.41) is 9.93. The van der Waals surface area contributed by atoms with Gasteiger partial charge in [-0.3, -0.25) is 4.57 Å². The van der Waals surface area contributed by atoms with E-state index in [-0.39, 0.29) is 6.04 Å². The fourth-order valence-electron chi connectivity index (χ4n) is 2.89. The minimum absolute atomic E-state index is 0.283. The SMILES string of the molecule is N#Cc1cc(N)c(Oc2cccc(Cl)c2)n1C1CCCC1. The van der Waals surface area contributed by atoms with Crippen LogP contribution in [0.25, 0.3) is 0 Å². The maximum Gasteiger partial charge on any atom is 0.224 e. The Morgan fingerprint density at radius 2 is 2.05 bits per heavy atom. The summed E-state index contributed by atoms with van der Waals surface area (Å²) in [7, 11) is 0. The Balaban J connectivity index is 2.01. The van der Waals surface area contributed by atoms with Crippen LogP contribution >= 0.6 is 11.6 Å². The molecule has 0 saturated heterocycles. The first-order valence-electron chi connectivity index (χ1n) is 7.03. The fraction of sp³-hybridized carbons (Fsp3) is 0.312. The third-order valence-corrected chi connectivity index (χ3v) is 4.07. The third-order valence-electron chi connectivity index (χ3n) is 3.83. The smallest absolute Gasteiger partial charge is 0.224 e. The van der Waals surface area contributed by atoms with Gasteiger partial charge in [0.1, 0.15) is 17.5 Å². The van der Waals surface area contributed by atoms with Crippen LogP contribution in [0.4, 0.5) is 5.69 Å². The summed E-state index contributed by atoms with van der Waals surface area (Å²) in [6, 6.07) is 11.3. The molecule has 1 aliphatic carbocycles. The van der Waals surface area contributed by atoms with Gasteiger partial charge in [0.15, 0.2) is 0 Å². The van der Waals surface area contributed by atoms with Gasteiger partial charge in [0, 0.05) is 17.1 Å². The maximum atomic E-state index is 9.32. The number of nitriles is 1. The van der Waals surface area contributed by atoms with Crippen molar-refractivity contribution in [1.29, 1.82) is 5.26 Å². The molecule has 1 aromatic heterocycles. The van der Waals surface area contributed by atoms with Gasteiger partial charge < -0.3 is 10.5 Å². The molecule has 0 bridgehead atoms. The Labute approximate surface area is 128 Å². The van der Waals surface area contributed by atoms with Crippen molar-refractivity contribution in [3.63, 3.8) is 0 Å². The van der Waals surface area contributed by atoms with Crippen LogP contribution in [0.3, 0.4) is 0 Å². The van der Waals surface area contributed by atoms with Crippen molar-refractivity contribution in [1.82, 2.24) is 4.57 Å². The average molecular weight is 302 g/mol. The predicted octanol–water partition coefficient (Wildman–Crippen LogP) is 4.50. The minimum Gasteiger partial charge on any atom is -0.439 e. The van der Waals surface area contributed by atoms with Crippen LogP contribution in [0.2, 0.25) is 5.02 Å². The second-order valence-corrected chi connectivity index (χ2v) is 5.71. The molecule has 0 radical (unpaired) electrons. The highest BCUT2D eigenvalue weighted by molar-refractivity contribution is 6.30. The number of hydrogen-bond acceptors (Lipinski definition) is 3. The number of aromatic nitrogens is 1. The molecule has 0 amide bonds. The van der Waals surface area contributed by atoms with Crippen molar-refractivity contribution in [3.05, 3.63) is 41.0 Å². The minimum atomic E-state index is 0.283. The van der Waals surface area contributed by atoms with E-state index in [4.69, 9.17) is 22.1 Å². The first-order chi connectivity index (χ1) is 10.2. The standard InChI is InChI=1S/C16H16ClN3O/c17-11-4-3-7-14(8-11)21-16-15(19)9-13(10-18)20(16)12-5-1-2-6-12/h3-4,7-9,12H,1-2,5-6,19H2. The van der Waals surface area contributed by atoms with Crippen molar-refractivity contribution in [2.24, 2.45) is 0 Å². The molecule has 21 heavy (non-hydrogen) atoms. The largest absolute Gasteiger partial charge is 0.439 e. The normalized spacial score (nSPS) is 15.0. The van der Waals surface area contributed by atoms with E-state index in [9.17, 15) is 5.26 Å². The predicted molar refractivity (Wildman–Crippen MR) is 82.6 cm³/mol. The molecule has 5 heteroatoms. The van der Waals surface area contributed by atoms with Gasteiger partial charge in [-0.1, -0.05) is 30.5 Å². The molecule has 1 aliphatic rings. The van der Waals surface area contributed by atoms with E-state index >= 15 is 0 Å². The molecule has 1 aromatic carbocycles. The highest BCUT2D eigenvalue weighted by Crippen LogP contribution is 2.40. The lowest BCUT2D eigenvalue weighted by Crippen LogP contribution is -2.09. The van der Waals surface area contributed by atoms with Gasteiger partial charge in [-0.2, -0.15) is 5.26 Å². The molecule has 0 aliphatic heterocycles. The zero-order valence-corrected chi connectivity index (χ0v) is 12.3. The van der Waals surface area contributed by atoms with E-state index in [1.807, 2.05) is 16.7 Å². The number of nitrogens with two attached hydrogens (primary N) is 1. The van der Waals surface area contributed by atoms with Crippen LogP contribution < -0.4 is 10.5 Å². The topological polar surface area (TPSA) is 64.0 Å². The van der Waals surface area contributed by atoms with E-state index in [1.54, 1.807) is 18.2 Å². The van der Waals surface area contributed by atoms with Gasteiger partial charge in [0.25, 0.3) is 0 Å². The highest BCUT2D eigenvalue weighted by Gasteiger charge is 2.25. The second kappa shape index (κ2) is 5.71. The summed E-state index contributed by atoms with van der Waals surface area (Å²) in [4.78, 5) is 0. The second-order valence-electron chi connectivity index (χ2n) is 5.27. The van der Waals surface area contributed by atoms with Gasteiger partial charge in [-0.05, 0) is 31.0 Å². The first kappa shape index (κ1) is 13.8. The van der Waals surface area contributed by atoms with Crippen LogP contribution in [0.15, 0.2) is 30.3 Å². The van der Waals surface area contributed by atoms with E-state index in [1.165, 1.54) is 12.8 Å². The van der Waals surface area contributed by atoms with Crippen molar-refractivity contribution in [2.75, 3.05) is 5.73 Å². The Morgan fingerprint density at radius 1 is 1.29 bits per heavy atom. The van der Waals surface area contributed by atoms with Crippen molar-refractivity contribution in [2.45, 2.75) is 31.7 Å². The molecular formula is C16H16ClN3O. The van der Waals surface area contributed by atoms with Gasteiger partial charge in [0.05, 0.1) is 5.69 Å². The zero-order chi connectivity index (χ0) is 14.8. The van der Waals surface area contributed by atoms with E-state index in [0.29, 0.717) is 28.0 Å². The quantitative estimate of drug-likeness (QED) is 0.907. The maximum absolute atomic E-state index is 9.32. The number of halogens is 1. The number of nitrogen functional groups attached to an aromatic ring is 1. The summed E-state index contributed by atoms with van der Waals surface area (Å²) in [6.45, 7) is 0. The molecule has 1 saturated carbocycles. The molecule has 2 aromatic rings. The van der Waals surface area contributed by atoms with Crippen LogP contribution in [0.5, 0.6) is 11.6 Å². The van der Waals surface area contributed by atoms with Gasteiger partial charge in [0.2, 0.25) is 5.88 Å². The number of anilines is 1. The van der Waals surface area contributed by atoms with Crippen LogP contribution in [0.1, 0.15) is 37.4 Å². The van der Waals surface area contributed by atoms with Crippen LogP contribution in [-0.4, -0.2) is 4.57 Å². The average Bonchev–Trinajstić information content (AvgIpc) is 3.08. The fourth-order valence-corrected chi connectivity index (χ4v) is 3.07. The summed E-state index contributed by atoms with van der Waals surface area (Å²) in [5.74, 6) is 1.16. The number of nitrogens with zero attached hydrogens (tertiary/aromatic N) is 2. The van der Waals surface area contributed by atoms with E-state index < -0.39 is 0 Å². The summed E-state index contributed by atoms with van der Waals surface area (Å²) in [5.41, 5.74) is 7.08. The molecule has 1 heterocycles. The Kier molecular flexibility index (Phi) is 3.76. The molecule has 3 rings (SSSR count). The first-order valence-corrected chi connectivity index (χ1v) is 7.41. The molecule has 4 nitrogen and oxygen atoms in total. The van der Waals surface area contributed by atoms with Gasteiger partial charge in [-0.15, -0.1) is 0 Å². The van der Waals surface area contributed by atoms with Crippen LogP contribution in [0, 0.1) is 11.3 Å². The lowest BCUT2D eigenvalue weighted by molar-refractivity contribution is 0.393. The van der Waals surface area contributed by atoms with E-state index in [2.05, 4.69) is 6.07 Å². The summed E-state index contributed by atoms with van der Waals surface area (Å²) >= 11 is 5.98. The number of hydrogen-bond donors (Lipinski definition) is 1. The lowest BCUT2D eigenvalue weighted by Gasteiger charge is -2.18. The zero-order valence-electron chi connectivity index (χ0n) is 11.6. The van der Waals surface area contributed by atoms with Crippen molar-refractivity contribution < 1.29 is 4.74 Å². The Bertz CT molecular complexity index is 696. The molecule has 0 atom stereocenters. The Hall–Kier alpha value is -2.12. The van der Waals surface area contributed by atoms with Crippen molar-refractivity contribution >= 4 is 17.3 Å².